The van der Waals surface area contributed by atoms with Gasteiger partial charge in [-0.05, 0) is 48.2 Å². The molecule has 2 aromatic rings. The number of hydrogen-bond acceptors (Lipinski definition) is 6. The van der Waals surface area contributed by atoms with Crippen LogP contribution >= 0.6 is 0 Å². The standard InChI is InChI=1S/C23H25NO6/c1-13(2)20(24-21(25)16-8-6-7-9-17(16)22(24)26)23(27)30-12-15-11-19(29-5)18(28-4)10-14(15)3/h6-11,13,20H,12H2,1-5H3/t20-/m1/s1. The topological polar surface area (TPSA) is 82.1 Å². The maximum absolute atomic E-state index is 13.0. The molecule has 0 saturated carbocycles. The minimum absolute atomic E-state index is 0.0165. The first kappa shape index (κ1) is 21.4. The summed E-state index contributed by atoms with van der Waals surface area (Å²) in [4.78, 5) is 39.6. The van der Waals surface area contributed by atoms with E-state index in [0.29, 0.717) is 22.6 Å². The minimum Gasteiger partial charge on any atom is -0.493 e. The molecule has 7 heteroatoms. The molecule has 3 rings (SSSR count). The first-order chi connectivity index (χ1) is 14.3. The van der Waals surface area contributed by atoms with Crippen LogP contribution in [0.3, 0.4) is 0 Å². The fraction of sp³-hybridized carbons (Fsp3) is 0.348. The van der Waals surface area contributed by atoms with E-state index in [1.165, 1.54) is 7.11 Å². The van der Waals surface area contributed by atoms with Gasteiger partial charge in [-0.1, -0.05) is 26.0 Å². The number of fused-ring (bicyclic) bond motifs is 1. The molecule has 1 aliphatic heterocycles. The number of ether oxygens (including phenoxy) is 3. The van der Waals surface area contributed by atoms with Gasteiger partial charge in [0.15, 0.2) is 11.5 Å². The van der Waals surface area contributed by atoms with Crippen molar-refractivity contribution in [1.82, 2.24) is 4.90 Å². The van der Waals surface area contributed by atoms with Gasteiger partial charge in [0.05, 0.1) is 25.3 Å². The summed E-state index contributed by atoms with van der Waals surface area (Å²) in [6, 6.07) is 9.08. The lowest BCUT2D eigenvalue weighted by Gasteiger charge is -2.27. The number of benzene rings is 2. The Kier molecular flexibility index (Phi) is 6.10. The van der Waals surface area contributed by atoms with E-state index in [1.807, 2.05) is 6.92 Å². The number of methoxy groups -OCH3 is 2. The van der Waals surface area contributed by atoms with E-state index in [2.05, 4.69) is 0 Å². The third-order valence-corrected chi connectivity index (χ3v) is 5.19. The number of nitrogens with zero attached hydrogens (tertiary/aromatic N) is 1. The molecule has 7 nitrogen and oxygen atoms in total. The molecule has 1 aliphatic rings. The predicted octanol–water partition coefficient (Wildman–Crippen LogP) is 3.38. The zero-order chi connectivity index (χ0) is 22.0. The number of esters is 1. The predicted molar refractivity (Wildman–Crippen MR) is 110 cm³/mol. The van der Waals surface area contributed by atoms with Gasteiger partial charge in [-0.3, -0.25) is 14.5 Å². The molecule has 0 radical (unpaired) electrons. The van der Waals surface area contributed by atoms with Crippen molar-refractivity contribution in [2.45, 2.75) is 33.4 Å². The lowest BCUT2D eigenvalue weighted by molar-refractivity contribution is -0.151. The average Bonchev–Trinajstić information content (AvgIpc) is 2.98. The van der Waals surface area contributed by atoms with Crippen LogP contribution in [0.2, 0.25) is 0 Å². The Bertz CT molecular complexity index is 962. The molecule has 0 fully saturated rings. The summed E-state index contributed by atoms with van der Waals surface area (Å²) < 4.78 is 16.1. The van der Waals surface area contributed by atoms with Crippen LogP contribution in [-0.2, 0) is 16.1 Å². The number of hydrogen-bond donors (Lipinski definition) is 0. The van der Waals surface area contributed by atoms with E-state index in [0.717, 1.165) is 16.0 Å². The molecule has 0 saturated heterocycles. The van der Waals surface area contributed by atoms with Gasteiger partial charge in [-0.15, -0.1) is 0 Å². The van der Waals surface area contributed by atoms with Gasteiger partial charge in [0, 0.05) is 0 Å². The molecule has 158 valence electrons. The van der Waals surface area contributed by atoms with Gasteiger partial charge >= 0.3 is 5.97 Å². The summed E-state index contributed by atoms with van der Waals surface area (Å²) in [5.74, 6) is -0.798. The lowest BCUT2D eigenvalue weighted by Crippen LogP contribution is -2.48. The number of carbonyl (C=O) groups is 3. The summed E-state index contributed by atoms with van der Waals surface area (Å²) in [7, 11) is 3.08. The molecule has 30 heavy (non-hydrogen) atoms. The van der Waals surface area contributed by atoms with Gasteiger partial charge in [0.1, 0.15) is 12.6 Å². The van der Waals surface area contributed by atoms with Gasteiger partial charge < -0.3 is 14.2 Å². The molecule has 1 atom stereocenters. The van der Waals surface area contributed by atoms with Crippen molar-refractivity contribution in [1.29, 1.82) is 0 Å². The van der Waals surface area contributed by atoms with E-state index < -0.39 is 23.8 Å². The Morgan fingerprint density at radius 1 is 0.967 bits per heavy atom. The SMILES string of the molecule is COc1cc(C)c(COC(=O)[C@@H](C(C)C)N2C(=O)c3ccccc3C2=O)cc1OC. The summed E-state index contributed by atoms with van der Waals surface area (Å²) in [5.41, 5.74) is 2.21. The highest BCUT2D eigenvalue weighted by atomic mass is 16.5. The molecule has 0 N–H and O–H groups in total. The Hall–Kier alpha value is -3.35. The van der Waals surface area contributed by atoms with E-state index in [9.17, 15) is 14.4 Å². The first-order valence-corrected chi connectivity index (χ1v) is 9.65. The fourth-order valence-corrected chi connectivity index (χ4v) is 3.55. The Morgan fingerprint density at radius 2 is 1.50 bits per heavy atom. The monoisotopic (exact) mass is 411 g/mol. The van der Waals surface area contributed by atoms with Crippen LogP contribution in [-0.4, -0.2) is 42.9 Å². The van der Waals surface area contributed by atoms with E-state index in [4.69, 9.17) is 14.2 Å². The number of carbonyl (C=O) groups excluding carboxylic acids is 3. The zero-order valence-corrected chi connectivity index (χ0v) is 17.7. The quantitative estimate of drug-likeness (QED) is 0.513. The first-order valence-electron chi connectivity index (χ1n) is 9.65. The molecule has 0 spiro atoms. The summed E-state index contributed by atoms with van der Waals surface area (Å²) in [5, 5.41) is 0. The number of amides is 2. The van der Waals surface area contributed by atoms with E-state index >= 15 is 0 Å². The van der Waals surface area contributed by atoms with E-state index in [1.54, 1.807) is 57.4 Å². The lowest BCUT2D eigenvalue weighted by atomic mass is 10.0. The minimum atomic E-state index is -1.02. The van der Waals surface area contributed by atoms with Crippen molar-refractivity contribution in [3.8, 4) is 11.5 Å². The Morgan fingerprint density at radius 3 is 2.00 bits per heavy atom. The molecule has 0 aliphatic carbocycles. The van der Waals surface area contributed by atoms with Crippen molar-refractivity contribution < 1.29 is 28.6 Å². The van der Waals surface area contributed by atoms with Crippen molar-refractivity contribution in [2.24, 2.45) is 5.92 Å². The van der Waals surface area contributed by atoms with E-state index in [-0.39, 0.29) is 12.5 Å². The smallest absolute Gasteiger partial charge is 0.329 e. The van der Waals surface area contributed by atoms with Gasteiger partial charge in [-0.2, -0.15) is 0 Å². The van der Waals surface area contributed by atoms with Crippen molar-refractivity contribution in [2.75, 3.05) is 14.2 Å². The van der Waals surface area contributed by atoms with Crippen LogP contribution in [0.15, 0.2) is 36.4 Å². The summed E-state index contributed by atoms with van der Waals surface area (Å²) in [6.45, 7) is 5.40. The molecule has 2 aromatic carbocycles. The molecule has 2 amide bonds. The number of rotatable bonds is 7. The second kappa shape index (κ2) is 8.57. The van der Waals surface area contributed by atoms with Crippen LogP contribution in [0.5, 0.6) is 11.5 Å². The average molecular weight is 411 g/mol. The zero-order valence-electron chi connectivity index (χ0n) is 17.7. The van der Waals surface area contributed by atoms with Crippen LogP contribution < -0.4 is 9.47 Å². The highest BCUT2D eigenvalue weighted by Gasteiger charge is 2.44. The van der Waals surface area contributed by atoms with Crippen molar-refractivity contribution in [3.63, 3.8) is 0 Å². The third-order valence-electron chi connectivity index (χ3n) is 5.19. The number of imide groups is 1. The van der Waals surface area contributed by atoms with Gasteiger partial charge in [-0.25, -0.2) is 4.79 Å². The van der Waals surface area contributed by atoms with Crippen molar-refractivity contribution in [3.05, 3.63) is 58.7 Å². The fourth-order valence-electron chi connectivity index (χ4n) is 3.55. The van der Waals surface area contributed by atoms with Crippen LogP contribution in [0.4, 0.5) is 0 Å². The summed E-state index contributed by atoms with van der Waals surface area (Å²) in [6.07, 6.45) is 0. The van der Waals surface area contributed by atoms with Gasteiger partial charge in [0.2, 0.25) is 0 Å². The van der Waals surface area contributed by atoms with Crippen LogP contribution in [0.1, 0.15) is 45.7 Å². The van der Waals surface area contributed by atoms with Crippen LogP contribution in [0, 0.1) is 12.8 Å². The Balaban J connectivity index is 1.81. The van der Waals surface area contributed by atoms with Crippen LogP contribution in [0.25, 0.3) is 0 Å². The Labute approximate surface area is 175 Å². The highest BCUT2D eigenvalue weighted by molar-refractivity contribution is 6.22. The molecular weight excluding hydrogens is 386 g/mol. The molecule has 0 bridgehead atoms. The molecule has 0 unspecified atom stereocenters. The second-order valence-corrected chi connectivity index (χ2v) is 7.46. The molecule has 0 aromatic heterocycles. The molecular formula is C23H25NO6. The van der Waals surface area contributed by atoms with Gasteiger partial charge in [0.25, 0.3) is 11.8 Å². The highest BCUT2D eigenvalue weighted by Crippen LogP contribution is 2.31. The van der Waals surface area contributed by atoms with Crippen molar-refractivity contribution >= 4 is 17.8 Å². The normalized spacial score (nSPS) is 14.0. The third kappa shape index (κ3) is 3.75. The summed E-state index contributed by atoms with van der Waals surface area (Å²) >= 11 is 0. The maximum atomic E-state index is 13.0. The molecule has 1 heterocycles. The maximum Gasteiger partial charge on any atom is 0.329 e. The number of aryl methyl sites for hydroxylation is 1. The largest absolute Gasteiger partial charge is 0.493 e. The second-order valence-electron chi connectivity index (χ2n) is 7.46.